The smallest absolute Gasteiger partial charge is 0.251 e. The van der Waals surface area contributed by atoms with Crippen molar-refractivity contribution in [3.05, 3.63) is 46.5 Å². The summed E-state index contributed by atoms with van der Waals surface area (Å²) in [6, 6.07) is 8.98. The van der Waals surface area contributed by atoms with E-state index in [9.17, 15) is 4.79 Å². The Balaban J connectivity index is 2.76. The van der Waals surface area contributed by atoms with E-state index in [0.29, 0.717) is 5.56 Å². The van der Waals surface area contributed by atoms with Crippen molar-refractivity contribution >= 4 is 29.1 Å². The third kappa shape index (κ3) is 4.25. The van der Waals surface area contributed by atoms with E-state index in [-0.39, 0.29) is 10.4 Å². The zero-order valence-corrected chi connectivity index (χ0v) is 10.6. The maximum atomic E-state index is 11.8. The zero-order chi connectivity index (χ0) is 12.2. The normalized spacial score (nSPS) is 10.8. The molecule has 4 heteroatoms. The third-order valence-corrected chi connectivity index (χ3v) is 2.16. The SMILES string of the molecule is CC(C)(C=C(Cl)Cl)NC(=O)c1ccccc1. The first-order chi connectivity index (χ1) is 7.41. The van der Waals surface area contributed by atoms with Crippen LogP contribution in [0.1, 0.15) is 24.2 Å². The Kier molecular flexibility index (Phi) is 4.39. The highest BCUT2D eigenvalue weighted by atomic mass is 35.5. The summed E-state index contributed by atoms with van der Waals surface area (Å²) in [7, 11) is 0. The molecule has 1 amide bonds. The second-order valence-corrected chi connectivity index (χ2v) is 4.98. The highest BCUT2D eigenvalue weighted by Gasteiger charge is 2.18. The molecule has 86 valence electrons. The fourth-order valence-electron chi connectivity index (χ4n) is 1.26. The van der Waals surface area contributed by atoms with E-state index in [1.807, 2.05) is 32.0 Å². The molecule has 0 aliphatic rings. The van der Waals surface area contributed by atoms with Gasteiger partial charge in [0.2, 0.25) is 0 Å². The van der Waals surface area contributed by atoms with Crippen LogP contribution < -0.4 is 5.32 Å². The molecule has 0 aliphatic carbocycles. The van der Waals surface area contributed by atoms with Gasteiger partial charge in [-0.25, -0.2) is 0 Å². The number of halogens is 2. The van der Waals surface area contributed by atoms with Gasteiger partial charge < -0.3 is 5.32 Å². The minimum absolute atomic E-state index is 0.137. The van der Waals surface area contributed by atoms with Crippen molar-refractivity contribution in [3.63, 3.8) is 0 Å². The Labute approximate surface area is 105 Å². The monoisotopic (exact) mass is 257 g/mol. The van der Waals surface area contributed by atoms with Crippen LogP contribution in [0.5, 0.6) is 0 Å². The summed E-state index contributed by atoms with van der Waals surface area (Å²) >= 11 is 11.1. The van der Waals surface area contributed by atoms with Gasteiger partial charge in [-0.05, 0) is 32.1 Å². The molecule has 0 aromatic heterocycles. The number of hydrogen-bond acceptors (Lipinski definition) is 1. The van der Waals surface area contributed by atoms with Crippen LogP contribution in [0.2, 0.25) is 0 Å². The summed E-state index contributed by atoms with van der Waals surface area (Å²) in [6.45, 7) is 3.64. The van der Waals surface area contributed by atoms with Crippen LogP contribution in [0.25, 0.3) is 0 Å². The Morgan fingerprint density at radius 3 is 2.31 bits per heavy atom. The molecule has 0 spiro atoms. The fraction of sp³-hybridized carbons (Fsp3) is 0.250. The van der Waals surface area contributed by atoms with Crippen molar-refractivity contribution in [2.45, 2.75) is 19.4 Å². The number of rotatable bonds is 3. The van der Waals surface area contributed by atoms with E-state index >= 15 is 0 Å². The van der Waals surface area contributed by atoms with Gasteiger partial charge in [-0.1, -0.05) is 41.4 Å². The fourth-order valence-corrected chi connectivity index (χ4v) is 1.81. The van der Waals surface area contributed by atoms with Gasteiger partial charge in [-0.3, -0.25) is 4.79 Å². The lowest BCUT2D eigenvalue weighted by atomic mass is 10.1. The molecule has 1 aromatic rings. The molecular weight excluding hydrogens is 245 g/mol. The van der Waals surface area contributed by atoms with Gasteiger partial charge in [0.05, 0.1) is 5.54 Å². The van der Waals surface area contributed by atoms with Crippen molar-refractivity contribution in [2.75, 3.05) is 0 Å². The maximum Gasteiger partial charge on any atom is 0.251 e. The second-order valence-electron chi connectivity index (χ2n) is 3.98. The second kappa shape index (κ2) is 5.37. The molecule has 1 N–H and O–H groups in total. The highest BCUT2D eigenvalue weighted by Crippen LogP contribution is 2.15. The van der Waals surface area contributed by atoms with E-state index in [4.69, 9.17) is 23.2 Å². The standard InChI is InChI=1S/C12H13Cl2NO/c1-12(2,8-10(13)14)15-11(16)9-6-4-3-5-7-9/h3-8H,1-2H3,(H,15,16). The summed E-state index contributed by atoms with van der Waals surface area (Å²) < 4.78 is 0.137. The average Bonchev–Trinajstić information content (AvgIpc) is 2.16. The first kappa shape index (κ1) is 13.1. The lowest BCUT2D eigenvalue weighted by Gasteiger charge is -2.22. The quantitative estimate of drug-likeness (QED) is 0.883. The number of amides is 1. The highest BCUT2D eigenvalue weighted by molar-refractivity contribution is 6.55. The first-order valence-corrected chi connectivity index (χ1v) is 5.58. The molecule has 0 unspecified atom stereocenters. The minimum atomic E-state index is -0.578. The number of carbonyl (C=O) groups is 1. The molecule has 1 rings (SSSR count). The minimum Gasteiger partial charge on any atom is -0.344 e. The lowest BCUT2D eigenvalue weighted by Crippen LogP contribution is -2.41. The largest absolute Gasteiger partial charge is 0.344 e. The van der Waals surface area contributed by atoms with Gasteiger partial charge in [0.25, 0.3) is 5.91 Å². The van der Waals surface area contributed by atoms with Gasteiger partial charge in [0.15, 0.2) is 0 Å². The zero-order valence-electron chi connectivity index (χ0n) is 9.13. The van der Waals surface area contributed by atoms with Crippen LogP contribution in [0.3, 0.4) is 0 Å². The predicted molar refractivity (Wildman–Crippen MR) is 67.8 cm³/mol. The van der Waals surface area contributed by atoms with Crippen LogP contribution in [-0.4, -0.2) is 11.4 Å². The summed E-state index contributed by atoms with van der Waals surface area (Å²) in [5.41, 5.74) is 0.0286. The van der Waals surface area contributed by atoms with Crippen LogP contribution >= 0.6 is 23.2 Å². The predicted octanol–water partition coefficient (Wildman–Crippen LogP) is 3.51. The Bertz CT molecular complexity index is 395. The molecule has 0 aliphatic heterocycles. The van der Waals surface area contributed by atoms with E-state index in [2.05, 4.69) is 5.32 Å². The summed E-state index contributed by atoms with van der Waals surface area (Å²) in [5, 5.41) is 2.82. The molecule has 0 saturated heterocycles. The summed E-state index contributed by atoms with van der Waals surface area (Å²) in [6.07, 6.45) is 1.58. The van der Waals surface area contributed by atoms with Crippen LogP contribution in [-0.2, 0) is 0 Å². The Morgan fingerprint density at radius 1 is 1.25 bits per heavy atom. The van der Waals surface area contributed by atoms with Crippen molar-refractivity contribution in [1.29, 1.82) is 0 Å². The summed E-state index contributed by atoms with van der Waals surface area (Å²) in [4.78, 5) is 11.8. The molecule has 0 saturated carbocycles. The van der Waals surface area contributed by atoms with Crippen molar-refractivity contribution in [3.8, 4) is 0 Å². The molecule has 2 nitrogen and oxygen atoms in total. The van der Waals surface area contributed by atoms with Gasteiger partial charge in [0, 0.05) is 5.56 Å². The van der Waals surface area contributed by atoms with Crippen LogP contribution in [0, 0.1) is 0 Å². The van der Waals surface area contributed by atoms with Crippen LogP contribution in [0.4, 0.5) is 0 Å². The van der Waals surface area contributed by atoms with Gasteiger partial charge in [-0.15, -0.1) is 0 Å². The third-order valence-electron chi connectivity index (χ3n) is 1.94. The number of hydrogen-bond donors (Lipinski definition) is 1. The van der Waals surface area contributed by atoms with E-state index in [0.717, 1.165) is 0 Å². The van der Waals surface area contributed by atoms with Crippen molar-refractivity contribution < 1.29 is 4.79 Å². The van der Waals surface area contributed by atoms with E-state index in [1.165, 1.54) is 0 Å². The van der Waals surface area contributed by atoms with Crippen molar-refractivity contribution in [2.24, 2.45) is 0 Å². The molecule has 0 bridgehead atoms. The maximum absolute atomic E-state index is 11.8. The number of carbonyl (C=O) groups excluding carboxylic acids is 1. The van der Waals surface area contributed by atoms with Crippen LogP contribution in [0.15, 0.2) is 40.9 Å². The summed E-state index contributed by atoms with van der Waals surface area (Å²) in [5.74, 6) is -0.156. The number of nitrogens with one attached hydrogen (secondary N) is 1. The van der Waals surface area contributed by atoms with Gasteiger partial charge >= 0.3 is 0 Å². The molecule has 0 atom stereocenters. The average molecular weight is 258 g/mol. The lowest BCUT2D eigenvalue weighted by molar-refractivity contribution is 0.0927. The molecule has 0 radical (unpaired) electrons. The first-order valence-electron chi connectivity index (χ1n) is 4.82. The molecule has 0 fully saturated rings. The molecular formula is C12H13Cl2NO. The number of benzene rings is 1. The van der Waals surface area contributed by atoms with Gasteiger partial charge in [-0.2, -0.15) is 0 Å². The Morgan fingerprint density at radius 2 is 1.81 bits per heavy atom. The van der Waals surface area contributed by atoms with E-state index in [1.54, 1.807) is 18.2 Å². The van der Waals surface area contributed by atoms with Gasteiger partial charge in [0.1, 0.15) is 4.49 Å². The molecule has 1 aromatic carbocycles. The molecule has 0 heterocycles. The topological polar surface area (TPSA) is 29.1 Å². The van der Waals surface area contributed by atoms with E-state index < -0.39 is 5.54 Å². The molecule has 16 heavy (non-hydrogen) atoms. The Hall–Kier alpha value is -0.990. The van der Waals surface area contributed by atoms with Crippen molar-refractivity contribution in [1.82, 2.24) is 5.32 Å².